The molecule has 0 aliphatic rings. The Bertz CT molecular complexity index is 1040. The molecule has 3 rings (SSSR count). The third kappa shape index (κ3) is 4.60. The lowest BCUT2D eigenvalue weighted by atomic mass is 10.1. The second-order valence-corrected chi connectivity index (χ2v) is 6.13. The van der Waals surface area contributed by atoms with E-state index < -0.39 is 17.6 Å². The zero-order chi connectivity index (χ0) is 21.0. The number of hydrogen-bond acceptors (Lipinski definition) is 3. The zero-order valence-corrected chi connectivity index (χ0v) is 15.3. The van der Waals surface area contributed by atoms with Crippen LogP contribution in [0.15, 0.2) is 72.9 Å². The van der Waals surface area contributed by atoms with Crippen molar-refractivity contribution < 1.29 is 22.8 Å². The predicted octanol–water partition coefficient (Wildman–Crippen LogP) is 4.63. The van der Waals surface area contributed by atoms with Gasteiger partial charge in [0.05, 0.1) is 11.3 Å². The van der Waals surface area contributed by atoms with E-state index in [1.54, 1.807) is 31.3 Å². The van der Waals surface area contributed by atoms with Gasteiger partial charge in [-0.15, -0.1) is 0 Å². The molecule has 0 saturated heterocycles. The molecule has 3 aromatic rings. The highest BCUT2D eigenvalue weighted by Gasteiger charge is 2.33. The number of aromatic nitrogens is 1. The van der Waals surface area contributed by atoms with Crippen molar-refractivity contribution in [3.8, 4) is 0 Å². The van der Waals surface area contributed by atoms with Crippen LogP contribution in [-0.2, 0) is 6.18 Å². The molecule has 0 saturated carbocycles. The maximum atomic E-state index is 13.1. The van der Waals surface area contributed by atoms with Crippen molar-refractivity contribution in [3.05, 3.63) is 89.7 Å². The van der Waals surface area contributed by atoms with Crippen LogP contribution < -0.4 is 10.2 Å². The van der Waals surface area contributed by atoms with Crippen molar-refractivity contribution in [2.75, 3.05) is 17.3 Å². The second-order valence-electron chi connectivity index (χ2n) is 6.13. The first-order valence-corrected chi connectivity index (χ1v) is 8.54. The van der Waals surface area contributed by atoms with Gasteiger partial charge in [0.1, 0.15) is 5.69 Å². The first-order chi connectivity index (χ1) is 13.8. The van der Waals surface area contributed by atoms with Crippen LogP contribution in [0.4, 0.5) is 24.5 Å². The number of nitrogens with one attached hydrogen (secondary N) is 1. The molecule has 1 N–H and O–H groups in total. The Hall–Kier alpha value is -3.68. The molecule has 0 aliphatic carbocycles. The fraction of sp³-hybridized carbons (Fsp3) is 0.0952. The summed E-state index contributed by atoms with van der Waals surface area (Å²) in [5.41, 5.74) is -0.691. The molecule has 2 aromatic carbocycles. The number of benzene rings is 2. The monoisotopic (exact) mass is 399 g/mol. The molecule has 0 fully saturated rings. The minimum absolute atomic E-state index is 0.172. The van der Waals surface area contributed by atoms with Crippen LogP contribution in [0.2, 0.25) is 0 Å². The number of pyridine rings is 1. The number of alkyl halides is 3. The number of rotatable bonds is 4. The Morgan fingerprint density at radius 1 is 0.966 bits per heavy atom. The smallest absolute Gasteiger partial charge is 0.320 e. The molecule has 2 amide bonds. The Balaban J connectivity index is 1.83. The van der Waals surface area contributed by atoms with Gasteiger partial charge in [-0.25, -0.2) is 0 Å². The fourth-order valence-electron chi connectivity index (χ4n) is 2.68. The molecule has 0 aliphatic heterocycles. The maximum Gasteiger partial charge on any atom is 0.418 e. The molecule has 0 atom stereocenters. The first kappa shape index (κ1) is 20.1. The van der Waals surface area contributed by atoms with Crippen molar-refractivity contribution in [2.24, 2.45) is 0 Å². The summed E-state index contributed by atoms with van der Waals surface area (Å²) in [6.07, 6.45) is -3.36. The standard InChI is InChI=1S/C21H16F3N3O2/c1-27(15-7-3-2-4-8-15)20(29)14-11-12-25-18(13-14)19(28)26-17-10-6-5-9-16(17)21(22,23)24/h2-13H,1H3,(H,26,28). The van der Waals surface area contributed by atoms with Gasteiger partial charge >= 0.3 is 6.18 Å². The molecule has 1 aromatic heterocycles. The number of nitrogens with zero attached hydrogens (tertiary/aromatic N) is 2. The number of carbonyl (C=O) groups excluding carboxylic acids is 2. The van der Waals surface area contributed by atoms with Crippen LogP contribution in [-0.4, -0.2) is 23.8 Å². The minimum Gasteiger partial charge on any atom is -0.320 e. The van der Waals surface area contributed by atoms with Gasteiger partial charge < -0.3 is 10.2 Å². The van der Waals surface area contributed by atoms with E-state index in [9.17, 15) is 22.8 Å². The Morgan fingerprint density at radius 2 is 1.62 bits per heavy atom. The summed E-state index contributed by atoms with van der Waals surface area (Å²) in [5.74, 6) is -1.23. The summed E-state index contributed by atoms with van der Waals surface area (Å²) in [7, 11) is 1.58. The van der Waals surface area contributed by atoms with Crippen LogP contribution in [0.25, 0.3) is 0 Å². The van der Waals surface area contributed by atoms with Crippen molar-refractivity contribution in [2.45, 2.75) is 6.18 Å². The van der Waals surface area contributed by atoms with Gasteiger partial charge in [0.15, 0.2) is 0 Å². The molecular weight excluding hydrogens is 383 g/mol. The van der Waals surface area contributed by atoms with Crippen LogP contribution in [0, 0.1) is 0 Å². The fourth-order valence-corrected chi connectivity index (χ4v) is 2.68. The Morgan fingerprint density at radius 3 is 2.31 bits per heavy atom. The summed E-state index contributed by atoms with van der Waals surface area (Å²) >= 11 is 0. The van der Waals surface area contributed by atoms with Crippen LogP contribution in [0.3, 0.4) is 0 Å². The largest absolute Gasteiger partial charge is 0.418 e. The number of para-hydroxylation sites is 2. The van der Waals surface area contributed by atoms with Crippen LogP contribution >= 0.6 is 0 Å². The molecule has 5 nitrogen and oxygen atoms in total. The van der Waals surface area contributed by atoms with Crippen LogP contribution in [0.1, 0.15) is 26.4 Å². The van der Waals surface area contributed by atoms with E-state index in [0.717, 1.165) is 12.1 Å². The highest BCUT2D eigenvalue weighted by molar-refractivity contribution is 6.08. The summed E-state index contributed by atoms with van der Waals surface area (Å²) in [4.78, 5) is 30.4. The second kappa shape index (κ2) is 8.14. The van der Waals surface area contributed by atoms with Crippen LogP contribution in [0.5, 0.6) is 0 Å². The average Bonchev–Trinajstić information content (AvgIpc) is 2.73. The molecule has 0 bridgehead atoms. The Labute approximate surface area is 164 Å². The van der Waals surface area contributed by atoms with E-state index in [4.69, 9.17) is 0 Å². The maximum absolute atomic E-state index is 13.1. The van der Waals surface area contributed by atoms with Gasteiger partial charge in [0.2, 0.25) is 0 Å². The number of halogens is 3. The normalized spacial score (nSPS) is 11.0. The molecular formula is C21H16F3N3O2. The minimum atomic E-state index is -4.62. The predicted molar refractivity (Wildman–Crippen MR) is 103 cm³/mol. The van der Waals surface area contributed by atoms with Crippen molar-refractivity contribution in [1.29, 1.82) is 0 Å². The van der Waals surface area contributed by atoms with E-state index in [1.165, 1.54) is 35.4 Å². The lowest BCUT2D eigenvalue weighted by Crippen LogP contribution is -2.26. The molecule has 0 spiro atoms. The number of hydrogen-bond donors (Lipinski definition) is 1. The lowest BCUT2D eigenvalue weighted by Gasteiger charge is -2.17. The Kier molecular flexibility index (Phi) is 5.63. The van der Waals surface area contributed by atoms with E-state index in [-0.39, 0.29) is 22.9 Å². The van der Waals surface area contributed by atoms with Gasteiger partial charge in [0.25, 0.3) is 11.8 Å². The van der Waals surface area contributed by atoms with Crippen molar-refractivity contribution in [3.63, 3.8) is 0 Å². The van der Waals surface area contributed by atoms with Gasteiger partial charge in [-0.1, -0.05) is 30.3 Å². The topological polar surface area (TPSA) is 62.3 Å². The molecule has 0 unspecified atom stereocenters. The van der Waals surface area contributed by atoms with E-state index in [0.29, 0.717) is 5.69 Å². The summed E-state index contributed by atoms with van der Waals surface area (Å²) in [5, 5.41) is 2.21. The highest BCUT2D eigenvalue weighted by atomic mass is 19.4. The average molecular weight is 399 g/mol. The third-order valence-electron chi connectivity index (χ3n) is 4.17. The SMILES string of the molecule is CN(C(=O)c1ccnc(C(=O)Nc2ccccc2C(F)(F)F)c1)c1ccccc1. The quantitative estimate of drug-likeness (QED) is 0.696. The number of amides is 2. The third-order valence-corrected chi connectivity index (χ3v) is 4.17. The molecule has 29 heavy (non-hydrogen) atoms. The first-order valence-electron chi connectivity index (χ1n) is 8.54. The van der Waals surface area contributed by atoms with E-state index in [2.05, 4.69) is 10.3 Å². The van der Waals surface area contributed by atoms with Gasteiger partial charge in [-0.3, -0.25) is 14.6 Å². The van der Waals surface area contributed by atoms with Gasteiger partial charge in [-0.2, -0.15) is 13.2 Å². The molecule has 1 heterocycles. The summed E-state index contributed by atoms with van der Waals surface area (Å²) in [6.45, 7) is 0. The van der Waals surface area contributed by atoms with Crippen molar-refractivity contribution >= 4 is 23.2 Å². The number of carbonyl (C=O) groups is 2. The lowest BCUT2D eigenvalue weighted by molar-refractivity contribution is -0.136. The molecule has 8 heteroatoms. The molecule has 0 radical (unpaired) electrons. The highest BCUT2D eigenvalue weighted by Crippen LogP contribution is 2.34. The number of anilines is 2. The van der Waals surface area contributed by atoms with Gasteiger partial charge in [-0.05, 0) is 36.4 Å². The molecule has 148 valence electrons. The van der Waals surface area contributed by atoms with Crippen molar-refractivity contribution in [1.82, 2.24) is 4.98 Å². The zero-order valence-electron chi connectivity index (χ0n) is 15.3. The van der Waals surface area contributed by atoms with E-state index >= 15 is 0 Å². The summed E-state index contributed by atoms with van der Waals surface area (Å²) < 4.78 is 39.3. The van der Waals surface area contributed by atoms with Gasteiger partial charge in [0, 0.05) is 24.5 Å². The summed E-state index contributed by atoms with van der Waals surface area (Å²) in [6, 6.07) is 16.2. The van der Waals surface area contributed by atoms with E-state index in [1.807, 2.05) is 6.07 Å².